The zero-order chi connectivity index (χ0) is 16.9. The highest BCUT2D eigenvalue weighted by Crippen LogP contribution is 2.26. The van der Waals surface area contributed by atoms with E-state index < -0.39 is 5.60 Å². The number of hydrogen-bond donors (Lipinski definition) is 2. The SMILES string of the molecule is COC(C)(CNC(=O)Nc1cccc(C)c1)c1ccccc1F. The van der Waals surface area contributed by atoms with Crippen molar-refractivity contribution in [3.8, 4) is 0 Å². The van der Waals surface area contributed by atoms with Crippen LogP contribution in [0, 0.1) is 12.7 Å². The average Bonchev–Trinajstić information content (AvgIpc) is 2.53. The van der Waals surface area contributed by atoms with Crippen LogP contribution in [0.4, 0.5) is 14.9 Å². The van der Waals surface area contributed by atoms with Gasteiger partial charge in [0.2, 0.25) is 0 Å². The molecular weight excluding hydrogens is 295 g/mol. The number of hydrogen-bond acceptors (Lipinski definition) is 2. The fraction of sp³-hybridized carbons (Fsp3) is 0.278. The summed E-state index contributed by atoms with van der Waals surface area (Å²) < 4.78 is 19.4. The van der Waals surface area contributed by atoms with E-state index in [1.807, 2.05) is 25.1 Å². The number of methoxy groups -OCH3 is 1. The third-order valence-corrected chi connectivity index (χ3v) is 3.76. The van der Waals surface area contributed by atoms with Gasteiger partial charge in [0, 0.05) is 18.4 Å². The number of amides is 2. The normalized spacial score (nSPS) is 13.2. The fourth-order valence-electron chi connectivity index (χ4n) is 2.31. The van der Waals surface area contributed by atoms with Crippen molar-refractivity contribution in [1.82, 2.24) is 5.32 Å². The molecule has 23 heavy (non-hydrogen) atoms. The van der Waals surface area contributed by atoms with Crippen LogP contribution in [0.15, 0.2) is 48.5 Å². The smallest absolute Gasteiger partial charge is 0.319 e. The summed E-state index contributed by atoms with van der Waals surface area (Å²) in [4.78, 5) is 12.0. The van der Waals surface area contributed by atoms with Crippen molar-refractivity contribution in [2.75, 3.05) is 19.0 Å². The maximum Gasteiger partial charge on any atom is 0.319 e. The highest BCUT2D eigenvalue weighted by Gasteiger charge is 2.29. The summed E-state index contributed by atoms with van der Waals surface area (Å²) in [7, 11) is 1.49. The van der Waals surface area contributed by atoms with Crippen LogP contribution in [0.1, 0.15) is 18.1 Å². The third kappa shape index (κ3) is 4.29. The molecule has 1 atom stereocenters. The Hall–Kier alpha value is -2.40. The Morgan fingerprint density at radius 3 is 2.61 bits per heavy atom. The van der Waals surface area contributed by atoms with E-state index in [-0.39, 0.29) is 18.4 Å². The molecule has 0 bridgehead atoms. The number of rotatable bonds is 5. The largest absolute Gasteiger partial charge is 0.372 e. The lowest BCUT2D eigenvalue weighted by Crippen LogP contribution is -2.42. The summed E-state index contributed by atoms with van der Waals surface area (Å²) in [5.74, 6) is -0.363. The van der Waals surface area contributed by atoms with E-state index in [9.17, 15) is 9.18 Å². The first-order valence-corrected chi connectivity index (χ1v) is 7.36. The standard InChI is InChI=1S/C18H21FN2O2/c1-13-7-6-8-14(11-13)21-17(22)20-12-18(2,23-3)15-9-4-5-10-16(15)19/h4-11H,12H2,1-3H3,(H2,20,21,22). The highest BCUT2D eigenvalue weighted by molar-refractivity contribution is 5.89. The minimum absolute atomic E-state index is 0.141. The predicted molar refractivity (Wildman–Crippen MR) is 89.0 cm³/mol. The van der Waals surface area contributed by atoms with Gasteiger partial charge >= 0.3 is 6.03 Å². The molecule has 0 aromatic heterocycles. The quantitative estimate of drug-likeness (QED) is 0.881. The molecule has 2 N–H and O–H groups in total. The molecule has 1 unspecified atom stereocenters. The molecule has 0 radical (unpaired) electrons. The van der Waals surface area contributed by atoms with E-state index in [0.29, 0.717) is 11.3 Å². The first kappa shape index (κ1) is 17.0. The average molecular weight is 316 g/mol. The Bertz CT molecular complexity index is 690. The van der Waals surface area contributed by atoms with Crippen LogP contribution >= 0.6 is 0 Å². The van der Waals surface area contributed by atoms with E-state index in [0.717, 1.165) is 5.56 Å². The molecule has 2 rings (SSSR count). The van der Waals surface area contributed by atoms with Gasteiger partial charge in [0.15, 0.2) is 0 Å². The molecule has 4 nitrogen and oxygen atoms in total. The van der Waals surface area contributed by atoms with Crippen LogP contribution in [-0.4, -0.2) is 19.7 Å². The van der Waals surface area contributed by atoms with Crippen molar-refractivity contribution < 1.29 is 13.9 Å². The van der Waals surface area contributed by atoms with Crippen LogP contribution < -0.4 is 10.6 Å². The minimum Gasteiger partial charge on any atom is -0.372 e. The molecule has 0 spiro atoms. The van der Waals surface area contributed by atoms with Crippen LogP contribution in [0.2, 0.25) is 0 Å². The summed E-state index contributed by atoms with van der Waals surface area (Å²) in [6, 6.07) is 13.5. The molecule has 0 aliphatic rings. The monoisotopic (exact) mass is 316 g/mol. The van der Waals surface area contributed by atoms with Crippen molar-refractivity contribution in [1.29, 1.82) is 0 Å². The number of halogens is 1. The molecule has 2 amide bonds. The lowest BCUT2D eigenvalue weighted by Gasteiger charge is -2.29. The molecule has 0 fully saturated rings. The number of aryl methyl sites for hydroxylation is 1. The molecule has 2 aromatic rings. The van der Waals surface area contributed by atoms with Gasteiger partial charge in [-0.3, -0.25) is 0 Å². The lowest BCUT2D eigenvalue weighted by atomic mass is 9.95. The van der Waals surface area contributed by atoms with Gasteiger partial charge < -0.3 is 15.4 Å². The summed E-state index contributed by atoms with van der Waals surface area (Å²) in [6.45, 7) is 3.82. The Kier molecular flexibility index (Phi) is 5.34. The van der Waals surface area contributed by atoms with Gasteiger partial charge in [-0.05, 0) is 37.6 Å². The number of urea groups is 1. The van der Waals surface area contributed by atoms with Crippen LogP contribution in [0.5, 0.6) is 0 Å². The van der Waals surface area contributed by atoms with E-state index >= 15 is 0 Å². The van der Waals surface area contributed by atoms with Gasteiger partial charge in [0.05, 0.1) is 6.54 Å². The second-order valence-corrected chi connectivity index (χ2v) is 5.59. The second-order valence-electron chi connectivity index (χ2n) is 5.59. The Balaban J connectivity index is 2.02. The molecule has 0 aliphatic carbocycles. The molecule has 122 valence electrons. The first-order chi connectivity index (χ1) is 10.9. The lowest BCUT2D eigenvalue weighted by molar-refractivity contribution is 0.00235. The van der Waals surface area contributed by atoms with Crippen molar-refractivity contribution in [3.63, 3.8) is 0 Å². The third-order valence-electron chi connectivity index (χ3n) is 3.76. The molecular formula is C18H21FN2O2. The van der Waals surface area contributed by atoms with Crippen molar-refractivity contribution in [2.24, 2.45) is 0 Å². The van der Waals surface area contributed by atoms with E-state index in [1.165, 1.54) is 13.2 Å². The fourth-order valence-corrected chi connectivity index (χ4v) is 2.31. The number of ether oxygens (including phenoxy) is 1. The number of nitrogens with one attached hydrogen (secondary N) is 2. The number of anilines is 1. The molecule has 0 saturated heterocycles. The summed E-state index contributed by atoms with van der Waals surface area (Å²) in [6.07, 6.45) is 0. The molecule has 0 aliphatic heterocycles. The molecule has 0 saturated carbocycles. The number of benzene rings is 2. The van der Waals surface area contributed by atoms with Gasteiger partial charge in [-0.1, -0.05) is 30.3 Å². The second kappa shape index (κ2) is 7.24. The summed E-state index contributed by atoms with van der Waals surface area (Å²) in [5.41, 5.74) is 1.21. The molecule has 5 heteroatoms. The van der Waals surface area contributed by atoms with Crippen molar-refractivity contribution >= 4 is 11.7 Å². The van der Waals surface area contributed by atoms with E-state index in [4.69, 9.17) is 4.74 Å². The maximum absolute atomic E-state index is 14.0. The Morgan fingerprint density at radius 2 is 1.96 bits per heavy atom. The predicted octanol–water partition coefficient (Wildman–Crippen LogP) is 3.82. The summed E-state index contributed by atoms with van der Waals surface area (Å²) in [5, 5.41) is 5.47. The number of carbonyl (C=O) groups is 1. The minimum atomic E-state index is -0.949. The first-order valence-electron chi connectivity index (χ1n) is 7.36. The van der Waals surface area contributed by atoms with Gasteiger partial charge in [0.1, 0.15) is 11.4 Å². The van der Waals surface area contributed by atoms with Gasteiger partial charge in [0.25, 0.3) is 0 Å². The van der Waals surface area contributed by atoms with Crippen LogP contribution in [-0.2, 0) is 10.3 Å². The van der Waals surface area contributed by atoms with Crippen LogP contribution in [0.3, 0.4) is 0 Å². The van der Waals surface area contributed by atoms with Gasteiger partial charge in [-0.25, -0.2) is 9.18 Å². The molecule has 0 heterocycles. The van der Waals surface area contributed by atoms with Gasteiger partial charge in [-0.15, -0.1) is 0 Å². The topological polar surface area (TPSA) is 50.4 Å². The van der Waals surface area contributed by atoms with E-state index in [1.54, 1.807) is 31.2 Å². The molecule has 2 aromatic carbocycles. The van der Waals surface area contributed by atoms with Crippen LogP contribution in [0.25, 0.3) is 0 Å². The van der Waals surface area contributed by atoms with Crippen molar-refractivity contribution in [2.45, 2.75) is 19.4 Å². The Labute approximate surface area is 135 Å². The Morgan fingerprint density at radius 1 is 1.22 bits per heavy atom. The zero-order valence-corrected chi connectivity index (χ0v) is 13.5. The summed E-state index contributed by atoms with van der Waals surface area (Å²) >= 11 is 0. The zero-order valence-electron chi connectivity index (χ0n) is 13.5. The van der Waals surface area contributed by atoms with Crippen molar-refractivity contribution in [3.05, 3.63) is 65.5 Å². The van der Waals surface area contributed by atoms with E-state index in [2.05, 4.69) is 10.6 Å². The maximum atomic E-state index is 14.0. The number of carbonyl (C=O) groups excluding carboxylic acids is 1. The van der Waals surface area contributed by atoms with Gasteiger partial charge in [-0.2, -0.15) is 0 Å². The highest BCUT2D eigenvalue weighted by atomic mass is 19.1.